The van der Waals surface area contributed by atoms with E-state index in [0.29, 0.717) is 12.8 Å². The summed E-state index contributed by atoms with van der Waals surface area (Å²) in [5.41, 5.74) is -4.37. The maximum atomic E-state index is 15.8. The first-order valence-electron chi connectivity index (χ1n) is 26.0. The standard InChI is InChI=1S/2C31H29Cl2F2N3O4/c2*1-30(2,3)14-24-31(15-36,19-10-9-17(32)13-21(19)34)25(18-6-5-7-20(33)26(18)35)27(38-24)28(39)37-22-11-8-16(29(40)41)12-23(22)42-4/h2*5-13,24-25,27,38H,14H2,1-4H3,(H,37,39)(H,40,41)/t2*24-,25-,27+,31-/m00/s1. The van der Waals surface area contributed by atoms with Crippen LogP contribution >= 0.6 is 46.4 Å². The molecular weight excluding hydrogens is 1170 g/mol. The molecule has 2 fully saturated rings. The highest BCUT2D eigenvalue weighted by Crippen LogP contribution is 2.55. The molecule has 0 spiro atoms. The second-order valence-electron chi connectivity index (χ2n) is 22.8. The van der Waals surface area contributed by atoms with Crippen LogP contribution in [-0.2, 0) is 20.4 Å². The quantitative estimate of drug-likeness (QED) is 0.0561. The molecule has 6 aromatic carbocycles. The molecule has 6 N–H and O–H groups in total. The SMILES string of the molecule is COc1cc(C(=O)O)ccc1NC(=O)[C@@H]1N[C@@H](CC(C)(C)C)[C@](C#N)(c2ccc(Cl)cc2F)[C@H]1c1cccc(Cl)c1F.COc1cc(C(=O)O)ccc1NC(=O)[C@@H]1N[C@@H](CC(C)(C)C)[C@](C#N)(c2ccc(Cl)cc2F)[C@H]1c1cccc(Cl)c1F. The number of ether oxygens (including phenoxy) is 2. The van der Waals surface area contributed by atoms with Crippen molar-refractivity contribution in [2.24, 2.45) is 10.8 Å². The zero-order chi connectivity index (χ0) is 62.0. The van der Waals surface area contributed by atoms with Crippen LogP contribution in [0.2, 0.25) is 20.1 Å². The van der Waals surface area contributed by atoms with Crippen LogP contribution in [0.25, 0.3) is 0 Å². The van der Waals surface area contributed by atoms with Gasteiger partial charge in [-0.1, -0.05) is 124 Å². The van der Waals surface area contributed by atoms with Crippen molar-refractivity contribution in [3.8, 4) is 23.6 Å². The van der Waals surface area contributed by atoms with Crippen molar-refractivity contribution < 1.29 is 56.4 Å². The number of carboxylic acids is 2. The normalized spacial score (nSPS) is 21.9. The number of nitrogens with one attached hydrogen (secondary N) is 4. The fourth-order valence-corrected chi connectivity index (χ4v) is 12.1. The lowest BCUT2D eigenvalue weighted by molar-refractivity contribution is -0.119. The lowest BCUT2D eigenvalue weighted by Gasteiger charge is -2.37. The minimum Gasteiger partial charge on any atom is -0.495 e. The summed E-state index contributed by atoms with van der Waals surface area (Å²) in [7, 11) is 2.63. The number of benzene rings is 6. The van der Waals surface area contributed by atoms with Gasteiger partial charge in [0.05, 0.1) is 71.0 Å². The van der Waals surface area contributed by atoms with Gasteiger partial charge in [-0.25, -0.2) is 27.2 Å². The summed E-state index contributed by atoms with van der Waals surface area (Å²) in [5.74, 6) is -9.30. The van der Waals surface area contributed by atoms with Crippen molar-refractivity contribution in [1.29, 1.82) is 10.5 Å². The molecule has 2 saturated heterocycles. The first-order valence-corrected chi connectivity index (χ1v) is 27.6. The van der Waals surface area contributed by atoms with E-state index in [1.807, 2.05) is 41.5 Å². The summed E-state index contributed by atoms with van der Waals surface area (Å²) >= 11 is 24.5. The van der Waals surface area contributed by atoms with E-state index in [0.717, 1.165) is 12.1 Å². The van der Waals surface area contributed by atoms with E-state index in [9.17, 15) is 39.9 Å². The maximum absolute atomic E-state index is 15.8. The Bertz CT molecular complexity index is 3410. The molecule has 6 aromatic rings. The van der Waals surface area contributed by atoms with Gasteiger partial charge >= 0.3 is 11.9 Å². The Balaban J connectivity index is 0.000000241. The van der Waals surface area contributed by atoms with Crippen LogP contribution < -0.4 is 30.7 Å². The topological polar surface area (TPSA) is 223 Å². The van der Waals surface area contributed by atoms with Crippen molar-refractivity contribution in [1.82, 2.24) is 10.6 Å². The largest absolute Gasteiger partial charge is 0.495 e. The molecule has 0 saturated carbocycles. The molecule has 0 radical (unpaired) electrons. The summed E-state index contributed by atoms with van der Waals surface area (Å²) < 4.78 is 73.7. The lowest BCUT2D eigenvalue weighted by Crippen LogP contribution is -2.45. The van der Waals surface area contributed by atoms with Crippen molar-refractivity contribution >= 4 is 81.5 Å². The number of carboxylic acid groups (broad SMARTS) is 2. The Hall–Kier alpha value is -7.42. The minimum atomic E-state index is -1.78. The number of carbonyl (C=O) groups excluding carboxylic acids is 2. The summed E-state index contributed by atoms with van der Waals surface area (Å²) in [6, 6.07) is 24.6. The van der Waals surface area contributed by atoms with E-state index >= 15 is 17.6 Å². The molecule has 0 bridgehead atoms. The highest BCUT2D eigenvalue weighted by atomic mass is 35.5. The second-order valence-corrected chi connectivity index (χ2v) is 24.5. The summed E-state index contributed by atoms with van der Waals surface area (Å²) in [5, 5.41) is 52.2. The second kappa shape index (κ2) is 25.4. The van der Waals surface area contributed by atoms with Gasteiger partial charge in [0.25, 0.3) is 0 Å². The van der Waals surface area contributed by atoms with Crippen LogP contribution in [0.15, 0.2) is 109 Å². The van der Waals surface area contributed by atoms with E-state index < -0.39 is 105 Å². The van der Waals surface area contributed by atoms with Crippen molar-refractivity contribution in [3.63, 3.8) is 0 Å². The Labute approximate surface area is 503 Å². The Morgan fingerprint density at radius 3 is 1.23 bits per heavy atom. The molecule has 0 aromatic heterocycles. The van der Waals surface area contributed by atoms with Gasteiger partial charge in [-0.2, -0.15) is 10.5 Å². The van der Waals surface area contributed by atoms with Crippen LogP contribution in [0.4, 0.5) is 28.9 Å². The fourth-order valence-electron chi connectivity index (χ4n) is 11.4. The molecule has 8 atom stereocenters. The van der Waals surface area contributed by atoms with Gasteiger partial charge in [-0.05, 0) is 108 Å². The number of aromatic carboxylic acids is 2. The number of carbonyl (C=O) groups is 4. The van der Waals surface area contributed by atoms with Gasteiger partial charge in [0.1, 0.15) is 45.6 Å². The number of hydrogen-bond acceptors (Lipinski definition) is 10. The highest BCUT2D eigenvalue weighted by Gasteiger charge is 2.63. The third kappa shape index (κ3) is 12.9. The van der Waals surface area contributed by atoms with Crippen LogP contribution in [0.3, 0.4) is 0 Å². The number of methoxy groups -OCH3 is 2. The molecule has 0 aliphatic carbocycles. The summed E-state index contributed by atoms with van der Waals surface area (Å²) in [4.78, 5) is 51.0. The van der Waals surface area contributed by atoms with Gasteiger partial charge in [-0.3, -0.25) is 9.59 Å². The monoisotopic (exact) mass is 1230 g/mol. The molecule has 2 aliphatic rings. The number of anilines is 2. The average molecular weight is 1230 g/mol. The number of nitrogens with zero attached hydrogens (tertiary/aromatic N) is 2. The highest BCUT2D eigenvalue weighted by molar-refractivity contribution is 6.31. The number of hydrogen-bond donors (Lipinski definition) is 6. The predicted molar refractivity (Wildman–Crippen MR) is 312 cm³/mol. The molecule has 2 aliphatic heterocycles. The zero-order valence-electron chi connectivity index (χ0n) is 46.5. The van der Waals surface area contributed by atoms with Crippen molar-refractivity contribution in [3.05, 3.63) is 186 Å². The predicted octanol–water partition coefficient (Wildman–Crippen LogP) is 13.9. The third-order valence-corrected chi connectivity index (χ3v) is 15.9. The molecule has 14 nitrogen and oxygen atoms in total. The molecular formula is C62H58Cl4F4N6O8. The summed E-state index contributed by atoms with van der Waals surface area (Å²) in [6.45, 7) is 11.6. The van der Waals surface area contributed by atoms with Crippen molar-refractivity contribution in [2.45, 2.75) is 101 Å². The third-order valence-electron chi connectivity index (χ3n) is 14.9. The fraction of sp³-hybridized carbons (Fsp3) is 0.323. The van der Waals surface area contributed by atoms with Gasteiger partial charge in [0.2, 0.25) is 11.8 Å². The van der Waals surface area contributed by atoms with Crippen LogP contribution in [0.1, 0.15) is 109 Å². The first kappa shape index (κ1) is 64.1. The average Bonchev–Trinajstić information content (AvgIpc) is 2.06. The smallest absolute Gasteiger partial charge is 0.335 e. The Kier molecular flexibility index (Phi) is 19.4. The van der Waals surface area contributed by atoms with Gasteiger partial charge < -0.3 is 41.0 Å². The molecule has 84 heavy (non-hydrogen) atoms. The number of rotatable bonds is 14. The lowest BCUT2D eigenvalue weighted by atomic mass is 9.62. The first-order chi connectivity index (χ1) is 39.5. The number of halogens is 8. The van der Waals surface area contributed by atoms with Gasteiger partial charge in [0.15, 0.2) is 0 Å². The van der Waals surface area contributed by atoms with Crippen molar-refractivity contribution in [2.75, 3.05) is 24.9 Å². The van der Waals surface area contributed by atoms with E-state index in [1.54, 1.807) is 0 Å². The van der Waals surface area contributed by atoms with Gasteiger partial charge in [-0.15, -0.1) is 0 Å². The molecule has 2 heterocycles. The summed E-state index contributed by atoms with van der Waals surface area (Å²) in [6.07, 6.45) is 0.615. The number of nitriles is 2. The van der Waals surface area contributed by atoms with Gasteiger partial charge in [0, 0.05) is 45.1 Å². The minimum absolute atomic E-state index is 0.0424. The Morgan fingerprint density at radius 1 is 0.571 bits per heavy atom. The van der Waals surface area contributed by atoms with Crippen LogP contribution in [0, 0.1) is 56.8 Å². The molecule has 8 rings (SSSR count). The maximum Gasteiger partial charge on any atom is 0.335 e. The number of amides is 2. The zero-order valence-corrected chi connectivity index (χ0v) is 49.6. The van der Waals surface area contributed by atoms with Crippen LogP contribution in [-0.4, -0.2) is 72.4 Å². The molecule has 0 unspecified atom stereocenters. The van der Waals surface area contributed by atoms with E-state index in [4.69, 9.17) is 55.9 Å². The van der Waals surface area contributed by atoms with E-state index in [1.165, 1.54) is 111 Å². The molecule has 440 valence electrons. The Morgan fingerprint density at radius 2 is 0.929 bits per heavy atom. The van der Waals surface area contributed by atoms with E-state index in [2.05, 4.69) is 33.4 Å². The van der Waals surface area contributed by atoms with E-state index in [-0.39, 0.29) is 76.3 Å². The molecule has 22 heteroatoms. The van der Waals surface area contributed by atoms with Crippen LogP contribution in [0.5, 0.6) is 11.5 Å². The molecule has 2 amide bonds.